The number of furan rings is 1. The molecule has 0 atom stereocenters. The van der Waals surface area contributed by atoms with Crippen molar-refractivity contribution in [2.24, 2.45) is 0 Å². The summed E-state index contributed by atoms with van der Waals surface area (Å²) in [6.45, 7) is 2.74. The zero-order valence-electron chi connectivity index (χ0n) is 17.3. The predicted molar refractivity (Wildman–Crippen MR) is 121 cm³/mol. The lowest BCUT2D eigenvalue weighted by molar-refractivity contribution is -0.113. The first-order valence-corrected chi connectivity index (χ1v) is 11.5. The Morgan fingerprint density at radius 2 is 2.16 bits per heavy atom. The molecule has 0 aliphatic carbocycles. The highest BCUT2D eigenvalue weighted by atomic mass is 32.2. The summed E-state index contributed by atoms with van der Waals surface area (Å²) in [5.41, 5.74) is 0.797. The molecule has 3 aromatic heterocycles. The molecule has 1 aromatic carbocycles. The number of amides is 2. The highest BCUT2D eigenvalue weighted by Crippen LogP contribution is 2.29. The Morgan fingerprint density at radius 3 is 2.91 bits per heavy atom. The molecule has 4 rings (SSSR count). The highest BCUT2D eigenvalue weighted by Gasteiger charge is 2.16. The van der Waals surface area contributed by atoms with E-state index in [4.69, 9.17) is 9.15 Å². The Balaban J connectivity index is 1.34. The van der Waals surface area contributed by atoms with Crippen molar-refractivity contribution in [1.29, 1.82) is 0 Å². The fourth-order valence-corrected chi connectivity index (χ4v) is 4.63. The number of benzene rings is 1. The average Bonchev–Trinajstić information content (AvgIpc) is 3.54. The molecule has 0 bridgehead atoms. The monoisotopic (exact) mass is 472 g/mol. The fourth-order valence-electron chi connectivity index (χ4n) is 2.90. The van der Waals surface area contributed by atoms with E-state index in [-0.39, 0.29) is 29.9 Å². The highest BCUT2D eigenvalue weighted by molar-refractivity contribution is 7.99. The number of nitrogens with zero attached hydrogens (tertiary/aromatic N) is 4. The van der Waals surface area contributed by atoms with Crippen LogP contribution in [0.15, 0.2) is 46.2 Å². The molecule has 166 valence electrons. The predicted octanol–water partition coefficient (Wildman–Crippen LogP) is 3.17. The second kappa shape index (κ2) is 9.83. The van der Waals surface area contributed by atoms with E-state index >= 15 is 0 Å². The summed E-state index contributed by atoms with van der Waals surface area (Å²) in [6, 6.07) is 8.80. The molecule has 32 heavy (non-hydrogen) atoms. The lowest BCUT2D eigenvalue weighted by Gasteiger charge is -2.07. The number of hydrogen-bond donors (Lipinski definition) is 2. The normalized spacial score (nSPS) is 10.9. The SMILES string of the molecule is CCn1c(CNC(=O)c2ccco2)nnc1SCC(=O)Nc1nc2ccc(OC)cc2s1. The quantitative estimate of drug-likeness (QED) is 0.356. The number of anilines is 1. The van der Waals surface area contributed by atoms with Crippen molar-refractivity contribution in [3.63, 3.8) is 0 Å². The summed E-state index contributed by atoms with van der Waals surface area (Å²) in [6.07, 6.45) is 1.44. The molecule has 0 saturated carbocycles. The number of fused-ring (bicyclic) bond motifs is 1. The van der Waals surface area contributed by atoms with Crippen molar-refractivity contribution in [3.8, 4) is 5.75 Å². The zero-order chi connectivity index (χ0) is 22.5. The van der Waals surface area contributed by atoms with Gasteiger partial charge < -0.3 is 24.4 Å². The topological polar surface area (TPSA) is 124 Å². The minimum atomic E-state index is -0.331. The Hall–Kier alpha value is -3.38. The van der Waals surface area contributed by atoms with Crippen LogP contribution in [0.5, 0.6) is 5.75 Å². The molecule has 2 N–H and O–H groups in total. The number of carbonyl (C=O) groups is 2. The maximum absolute atomic E-state index is 12.4. The Kier molecular flexibility index (Phi) is 6.71. The van der Waals surface area contributed by atoms with Crippen LogP contribution in [0, 0.1) is 0 Å². The number of methoxy groups -OCH3 is 1. The van der Waals surface area contributed by atoms with Crippen molar-refractivity contribution in [2.75, 3.05) is 18.2 Å². The van der Waals surface area contributed by atoms with Gasteiger partial charge in [0.25, 0.3) is 5.91 Å². The summed E-state index contributed by atoms with van der Waals surface area (Å²) in [7, 11) is 1.61. The number of rotatable bonds is 9. The molecule has 0 aliphatic rings. The van der Waals surface area contributed by atoms with Gasteiger partial charge in [-0.05, 0) is 37.3 Å². The van der Waals surface area contributed by atoms with Gasteiger partial charge in [0.15, 0.2) is 21.9 Å². The van der Waals surface area contributed by atoms with Gasteiger partial charge in [0.05, 0.1) is 35.9 Å². The van der Waals surface area contributed by atoms with Crippen LogP contribution in [0.1, 0.15) is 23.3 Å². The van der Waals surface area contributed by atoms with Crippen molar-refractivity contribution in [1.82, 2.24) is 25.1 Å². The molecule has 0 radical (unpaired) electrons. The van der Waals surface area contributed by atoms with E-state index in [0.717, 1.165) is 16.0 Å². The van der Waals surface area contributed by atoms with Gasteiger partial charge >= 0.3 is 0 Å². The number of nitrogens with one attached hydrogen (secondary N) is 2. The number of ether oxygens (including phenoxy) is 1. The van der Waals surface area contributed by atoms with E-state index in [0.29, 0.717) is 22.7 Å². The van der Waals surface area contributed by atoms with Crippen molar-refractivity contribution in [2.45, 2.75) is 25.2 Å². The van der Waals surface area contributed by atoms with E-state index in [2.05, 4.69) is 25.8 Å². The van der Waals surface area contributed by atoms with E-state index in [1.807, 2.05) is 29.7 Å². The fraction of sp³-hybridized carbons (Fsp3) is 0.250. The molecule has 0 aliphatic heterocycles. The largest absolute Gasteiger partial charge is 0.497 e. The number of thiazole rings is 1. The molecule has 10 nitrogen and oxygen atoms in total. The summed E-state index contributed by atoms with van der Waals surface area (Å²) in [4.78, 5) is 28.9. The maximum Gasteiger partial charge on any atom is 0.287 e. The average molecular weight is 473 g/mol. The summed E-state index contributed by atoms with van der Waals surface area (Å²) < 4.78 is 13.1. The van der Waals surface area contributed by atoms with Gasteiger partial charge in [0.1, 0.15) is 5.75 Å². The summed E-state index contributed by atoms with van der Waals surface area (Å²) in [5.74, 6) is 1.19. The maximum atomic E-state index is 12.4. The third-order valence-electron chi connectivity index (χ3n) is 4.44. The van der Waals surface area contributed by atoms with Crippen LogP contribution < -0.4 is 15.4 Å². The van der Waals surface area contributed by atoms with Crippen molar-refractivity contribution in [3.05, 3.63) is 48.2 Å². The second-order valence-electron chi connectivity index (χ2n) is 6.49. The molecule has 0 unspecified atom stereocenters. The van der Waals surface area contributed by atoms with Crippen LogP contribution in [0.2, 0.25) is 0 Å². The molecule has 12 heteroatoms. The first kappa shape index (κ1) is 21.8. The molecule has 0 spiro atoms. The van der Waals surface area contributed by atoms with Gasteiger partial charge in [-0.25, -0.2) is 4.98 Å². The first-order chi connectivity index (χ1) is 15.6. The van der Waals surface area contributed by atoms with Gasteiger partial charge in [0, 0.05) is 6.54 Å². The smallest absolute Gasteiger partial charge is 0.287 e. The first-order valence-electron chi connectivity index (χ1n) is 9.68. The molecule has 2 amide bonds. The van der Waals surface area contributed by atoms with Gasteiger partial charge in [-0.15, -0.1) is 10.2 Å². The third kappa shape index (κ3) is 4.92. The molecular formula is C20H20N6O4S2. The molecule has 4 aromatic rings. The van der Waals surface area contributed by atoms with Crippen LogP contribution in [0.25, 0.3) is 10.2 Å². The van der Waals surface area contributed by atoms with E-state index in [1.54, 1.807) is 19.2 Å². The number of aromatic nitrogens is 4. The van der Waals surface area contributed by atoms with E-state index in [1.165, 1.54) is 29.4 Å². The Bertz CT molecular complexity index is 1230. The number of carbonyl (C=O) groups excluding carboxylic acids is 2. The van der Waals surface area contributed by atoms with E-state index < -0.39 is 0 Å². The zero-order valence-corrected chi connectivity index (χ0v) is 19.0. The third-order valence-corrected chi connectivity index (χ3v) is 6.34. The molecule has 0 fully saturated rings. The lowest BCUT2D eigenvalue weighted by atomic mass is 10.3. The van der Waals surface area contributed by atoms with Crippen LogP contribution in [-0.4, -0.2) is 44.4 Å². The van der Waals surface area contributed by atoms with Gasteiger partial charge in [-0.2, -0.15) is 0 Å². The second-order valence-corrected chi connectivity index (χ2v) is 8.47. The minimum Gasteiger partial charge on any atom is -0.497 e. The summed E-state index contributed by atoms with van der Waals surface area (Å²) in [5, 5.41) is 15.0. The van der Waals surface area contributed by atoms with Crippen molar-refractivity contribution < 1.29 is 18.7 Å². The van der Waals surface area contributed by atoms with Gasteiger partial charge in [-0.3, -0.25) is 9.59 Å². The van der Waals surface area contributed by atoms with Crippen molar-refractivity contribution >= 4 is 50.3 Å². The van der Waals surface area contributed by atoms with Crippen LogP contribution in [0.4, 0.5) is 5.13 Å². The van der Waals surface area contributed by atoms with E-state index in [9.17, 15) is 9.59 Å². The molecular weight excluding hydrogens is 452 g/mol. The standard InChI is InChI=1S/C20H20N6O4S2/c1-3-26-16(10-21-18(28)14-5-4-8-30-14)24-25-20(26)31-11-17(27)23-19-22-13-7-6-12(29-2)9-15(13)32-19/h4-9H,3,10-11H2,1-2H3,(H,21,28)(H,22,23,27). The summed E-state index contributed by atoms with van der Waals surface area (Å²) >= 11 is 2.65. The molecule has 0 saturated heterocycles. The Morgan fingerprint density at radius 1 is 1.28 bits per heavy atom. The minimum absolute atomic E-state index is 0.149. The number of thioether (sulfide) groups is 1. The Labute approximate surface area is 191 Å². The lowest BCUT2D eigenvalue weighted by Crippen LogP contribution is -2.24. The van der Waals surface area contributed by atoms with Gasteiger partial charge in [0.2, 0.25) is 5.91 Å². The van der Waals surface area contributed by atoms with Crippen LogP contribution >= 0.6 is 23.1 Å². The van der Waals surface area contributed by atoms with Crippen LogP contribution in [0.3, 0.4) is 0 Å². The van der Waals surface area contributed by atoms with Gasteiger partial charge in [-0.1, -0.05) is 23.1 Å². The molecule has 3 heterocycles. The number of hydrogen-bond acceptors (Lipinski definition) is 9. The van der Waals surface area contributed by atoms with Crippen LogP contribution in [-0.2, 0) is 17.9 Å².